The van der Waals surface area contributed by atoms with E-state index in [-0.39, 0.29) is 12.2 Å². The van der Waals surface area contributed by atoms with E-state index in [9.17, 15) is 17.2 Å². The van der Waals surface area contributed by atoms with Crippen LogP contribution in [0.25, 0.3) is 0 Å². The van der Waals surface area contributed by atoms with Gasteiger partial charge in [0.15, 0.2) is 11.6 Å². The zero-order valence-corrected chi connectivity index (χ0v) is 12.1. The number of anilines is 1. The van der Waals surface area contributed by atoms with Crippen molar-refractivity contribution in [2.24, 2.45) is 0 Å². The molecule has 2 aromatic rings. The quantitative estimate of drug-likeness (QED) is 0.850. The molecule has 0 spiro atoms. The fraction of sp³-hybridized carbons (Fsp3) is 0.167. The molecule has 0 radical (unpaired) electrons. The van der Waals surface area contributed by atoms with Crippen molar-refractivity contribution in [3.05, 3.63) is 45.7 Å². The summed E-state index contributed by atoms with van der Waals surface area (Å²) in [5.74, 6) is -2.73. The topological polar surface area (TPSA) is 72.2 Å². The molecule has 0 fully saturated rings. The lowest BCUT2D eigenvalue weighted by atomic mass is 10.2. The third-order valence-electron chi connectivity index (χ3n) is 2.72. The van der Waals surface area contributed by atoms with Crippen molar-refractivity contribution in [1.29, 1.82) is 0 Å². The number of benzene rings is 1. The van der Waals surface area contributed by atoms with Crippen molar-refractivity contribution < 1.29 is 17.2 Å². The van der Waals surface area contributed by atoms with Crippen LogP contribution in [0.15, 0.2) is 27.8 Å². The molecule has 20 heavy (non-hydrogen) atoms. The molecule has 3 N–H and O–H groups in total. The van der Waals surface area contributed by atoms with Gasteiger partial charge in [0.1, 0.15) is 4.90 Å². The van der Waals surface area contributed by atoms with Crippen LogP contribution in [0.2, 0.25) is 0 Å². The first kappa shape index (κ1) is 14.9. The maximum absolute atomic E-state index is 13.6. The summed E-state index contributed by atoms with van der Waals surface area (Å²) >= 11 is 1.43. The molecule has 0 aliphatic heterocycles. The van der Waals surface area contributed by atoms with Crippen LogP contribution in [-0.2, 0) is 16.6 Å². The zero-order chi connectivity index (χ0) is 14.9. The summed E-state index contributed by atoms with van der Waals surface area (Å²) < 4.78 is 53.0. The van der Waals surface area contributed by atoms with Crippen LogP contribution in [0.1, 0.15) is 11.1 Å². The van der Waals surface area contributed by atoms with Gasteiger partial charge in [-0.05, 0) is 40.9 Å². The summed E-state index contributed by atoms with van der Waals surface area (Å²) in [4.78, 5) is -0.789. The standard InChI is InChI=1S/C12H12F2N2O2S2/c1-7-5-19-6-8(7)4-16-20(17,18)11-3-9(15)2-10(13)12(11)14/h2-3,5-6,16H,4,15H2,1H3. The van der Waals surface area contributed by atoms with Crippen molar-refractivity contribution in [3.8, 4) is 0 Å². The summed E-state index contributed by atoms with van der Waals surface area (Å²) in [5.41, 5.74) is 6.89. The van der Waals surface area contributed by atoms with Gasteiger partial charge in [-0.3, -0.25) is 0 Å². The molecule has 108 valence electrons. The van der Waals surface area contributed by atoms with E-state index in [1.165, 1.54) is 11.3 Å². The molecule has 0 saturated carbocycles. The SMILES string of the molecule is Cc1cscc1CNS(=O)(=O)c1cc(N)cc(F)c1F. The van der Waals surface area contributed by atoms with Gasteiger partial charge in [0.05, 0.1) is 0 Å². The van der Waals surface area contributed by atoms with Crippen molar-refractivity contribution in [2.45, 2.75) is 18.4 Å². The summed E-state index contributed by atoms with van der Waals surface area (Å²) in [6.45, 7) is 1.84. The number of nitrogens with one attached hydrogen (secondary N) is 1. The Balaban J connectivity index is 2.29. The number of hydrogen-bond acceptors (Lipinski definition) is 4. The molecule has 0 aliphatic rings. The average Bonchev–Trinajstić information content (AvgIpc) is 2.77. The second kappa shape index (κ2) is 5.47. The zero-order valence-electron chi connectivity index (χ0n) is 10.5. The highest BCUT2D eigenvalue weighted by Crippen LogP contribution is 2.21. The molecule has 0 unspecified atom stereocenters. The number of nitrogen functional groups attached to an aromatic ring is 1. The molecule has 0 aliphatic carbocycles. The Morgan fingerprint density at radius 1 is 1.30 bits per heavy atom. The van der Waals surface area contributed by atoms with E-state index < -0.39 is 26.6 Å². The Kier molecular flexibility index (Phi) is 4.07. The lowest BCUT2D eigenvalue weighted by molar-refractivity contribution is 0.484. The van der Waals surface area contributed by atoms with Crippen molar-refractivity contribution in [1.82, 2.24) is 4.72 Å². The average molecular weight is 318 g/mol. The molecule has 1 aromatic heterocycles. The fourth-order valence-electron chi connectivity index (χ4n) is 1.60. The maximum Gasteiger partial charge on any atom is 0.243 e. The minimum atomic E-state index is -4.17. The van der Waals surface area contributed by atoms with Gasteiger partial charge in [-0.25, -0.2) is 21.9 Å². The van der Waals surface area contributed by atoms with E-state index in [0.29, 0.717) is 0 Å². The number of thiophene rings is 1. The molecule has 1 aromatic carbocycles. The minimum absolute atomic E-state index is 0.00747. The molecule has 0 bridgehead atoms. The van der Waals surface area contributed by atoms with Gasteiger partial charge >= 0.3 is 0 Å². The molecule has 0 amide bonds. The van der Waals surface area contributed by atoms with E-state index in [1.54, 1.807) is 5.38 Å². The van der Waals surface area contributed by atoms with E-state index >= 15 is 0 Å². The largest absolute Gasteiger partial charge is 0.399 e. The lowest BCUT2D eigenvalue weighted by Crippen LogP contribution is -2.24. The number of rotatable bonds is 4. The van der Waals surface area contributed by atoms with Crippen LogP contribution in [0.3, 0.4) is 0 Å². The summed E-state index contributed by atoms with van der Waals surface area (Å²) in [6, 6.07) is 1.62. The number of aryl methyl sites for hydroxylation is 1. The Hall–Kier alpha value is -1.51. The summed E-state index contributed by atoms with van der Waals surface area (Å²) in [6.07, 6.45) is 0. The second-order valence-electron chi connectivity index (χ2n) is 4.22. The Morgan fingerprint density at radius 3 is 2.60 bits per heavy atom. The highest BCUT2D eigenvalue weighted by atomic mass is 32.2. The predicted molar refractivity (Wildman–Crippen MR) is 73.9 cm³/mol. The van der Waals surface area contributed by atoms with E-state index in [0.717, 1.165) is 23.3 Å². The molecule has 1 heterocycles. The van der Waals surface area contributed by atoms with Gasteiger partial charge in [-0.1, -0.05) is 0 Å². The van der Waals surface area contributed by atoms with Crippen LogP contribution in [0.4, 0.5) is 14.5 Å². The molecule has 0 saturated heterocycles. The van der Waals surface area contributed by atoms with Gasteiger partial charge in [0.2, 0.25) is 10.0 Å². The van der Waals surface area contributed by atoms with Crippen LogP contribution in [-0.4, -0.2) is 8.42 Å². The monoisotopic (exact) mass is 318 g/mol. The number of sulfonamides is 1. The van der Waals surface area contributed by atoms with E-state index in [4.69, 9.17) is 5.73 Å². The molecule has 4 nitrogen and oxygen atoms in total. The Bertz CT molecular complexity index is 742. The summed E-state index contributed by atoms with van der Waals surface area (Å²) in [5, 5.41) is 3.65. The van der Waals surface area contributed by atoms with Crippen LogP contribution < -0.4 is 10.5 Å². The molecular weight excluding hydrogens is 306 g/mol. The molecule has 2 rings (SSSR count). The van der Waals surface area contributed by atoms with E-state index in [2.05, 4.69) is 4.72 Å². The van der Waals surface area contributed by atoms with Crippen molar-refractivity contribution in [2.75, 3.05) is 5.73 Å². The van der Waals surface area contributed by atoms with Crippen LogP contribution in [0, 0.1) is 18.6 Å². The predicted octanol–water partition coefficient (Wildman–Crippen LogP) is 2.40. The van der Waals surface area contributed by atoms with Crippen LogP contribution >= 0.6 is 11.3 Å². The minimum Gasteiger partial charge on any atom is -0.399 e. The Labute approximate surface area is 119 Å². The van der Waals surface area contributed by atoms with Crippen molar-refractivity contribution >= 4 is 27.0 Å². The lowest BCUT2D eigenvalue weighted by Gasteiger charge is -2.09. The fourth-order valence-corrected chi connectivity index (χ4v) is 3.58. The van der Waals surface area contributed by atoms with Gasteiger partial charge in [-0.2, -0.15) is 11.3 Å². The first-order chi connectivity index (χ1) is 9.31. The normalized spacial score (nSPS) is 11.8. The van der Waals surface area contributed by atoms with E-state index in [1.807, 2.05) is 12.3 Å². The smallest absolute Gasteiger partial charge is 0.243 e. The molecule has 0 atom stereocenters. The summed E-state index contributed by atoms with van der Waals surface area (Å²) in [7, 11) is -4.17. The maximum atomic E-state index is 13.6. The number of nitrogens with two attached hydrogens (primary N) is 1. The molecular formula is C12H12F2N2O2S2. The first-order valence-electron chi connectivity index (χ1n) is 5.57. The van der Waals surface area contributed by atoms with Gasteiger partial charge in [0, 0.05) is 12.2 Å². The highest BCUT2D eigenvalue weighted by molar-refractivity contribution is 7.89. The van der Waals surface area contributed by atoms with Crippen molar-refractivity contribution in [3.63, 3.8) is 0 Å². The third kappa shape index (κ3) is 2.97. The highest BCUT2D eigenvalue weighted by Gasteiger charge is 2.22. The van der Waals surface area contributed by atoms with Gasteiger partial charge < -0.3 is 5.73 Å². The molecule has 8 heteroatoms. The Morgan fingerprint density at radius 2 is 2.00 bits per heavy atom. The van der Waals surface area contributed by atoms with Crippen LogP contribution in [0.5, 0.6) is 0 Å². The second-order valence-corrected chi connectivity index (χ2v) is 6.70. The first-order valence-corrected chi connectivity index (χ1v) is 7.99. The van der Waals surface area contributed by atoms with Gasteiger partial charge in [0.25, 0.3) is 0 Å². The number of hydrogen-bond donors (Lipinski definition) is 2. The van der Waals surface area contributed by atoms with Gasteiger partial charge in [-0.15, -0.1) is 0 Å². The number of halogens is 2. The third-order valence-corrected chi connectivity index (χ3v) is 5.03.